The fourth-order valence-electron chi connectivity index (χ4n) is 1.36. The molecule has 1 amide bonds. The third kappa shape index (κ3) is 3.56. The van der Waals surface area contributed by atoms with Crippen molar-refractivity contribution in [2.24, 2.45) is 5.92 Å². The highest BCUT2D eigenvalue weighted by atomic mass is 79.9. The maximum Gasteiger partial charge on any atom is 0.252 e. The quantitative estimate of drug-likeness (QED) is 0.900. The van der Waals surface area contributed by atoms with Gasteiger partial charge in [0.1, 0.15) is 0 Å². The first-order valence-electron chi connectivity index (χ1n) is 5.19. The summed E-state index contributed by atoms with van der Waals surface area (Å²) in [6.45, 7) is 3.42. The predicted molar refractivity (Wildman–Crippen MR) is 65.2 cm³/mol. The van der Waals surface area contributed by atoms with Gasteiger partial charge in [0, 0.05) is 4.47 Å². The minimum absolute atomic E-state index is 0.230. The number of aliphatic carboxylic acids is 1. The number of nitrogens with one attached hydrogen (secondary N) is 1. The molecule has 1 N–H and O–H groups in total. The van der Waals surface area contributed by atoms with Gasteiger partial charge >= 0.3 is 0 Å². The summed E-state index contributed by atoms with van der Waals surface area (Å²) in [5.74, 6) is -1.94. The lowest BCUT2D eigenvalue weighted by Gasteiger charge is -2.23. The second kappa shape index (κ2) is 5.82. The van der Waals surface area contributed by atoms with E-state index in [0.717, 1.165) is 0 Å². The van der Waals surface area contributed by atoms with E-state index in [2.05, 4.69) is 21.2 Å². The van der Waals surface area contributed by atoms with E-state index in [-0.39, 0.29) is 5.92 Å². The first-order chi connectivity index (χ1) is 7.93. The van der Waals surface area contributed by atoms with Crippen molar-refractivity contribution in [2.45, 2.75) is 19.9 Å². The van der Waals surface area contributed by atoms with Gasteiger partial charge in [0.15, 0.2) is 0 Å². The van der Waals surface area contributed by atoms with Gasteiger partial charge in [-0.2, -0.15) is 0 Å². The summed E-state index contributed by atoms with van der Waals surface area (Å²) in [5, 5.41) is 13.3. The molecular formula is C12H13BrNO3-. The van der Waals surface area contributed by atoms with Crippen molar-refractivity contribution in [3.63, 3.8) is 0 Å². The fraction of sp³-hybridized carbons (Fsp3) is 0.333. The molecule has 0 spiro atoms. The van der Waals surface area contributed by atoms with Crippen LogP contribution >= 0.6 is 15.9 Å². The van der Waals surface area contributed by atoms with Crippen LogP contribution in [0.1, 0.15) is 24.2 Å². The summed E-state index contributed by atoms with van der Waals surface area (Å²) in [7, 11) is 0. The SMILES string of the molecule is CC(C)[C@@H](NC(=O)c1ccccc1Br)C(=O)[O-]. The van der Waals surface area contributed by atoms with Crippen LogP contribution < -0.4 is 10.4 Å². The van der Waals surface area contributed by atoms with Crippen LogP contribution in [0.25, 0.3) is 0 Å². The molecule has 0 aliphatic rings. The van der Waals surface area contributed by atoms with E-state index in [9.17, 15) is 14.7 Å². The maximum absolute atomic E-state index is 11.9. The van der Waals surface area contributed by atoms with Gasteiger partial charge in [0.25, 0.3) is 5.91 Å². The summed E-state index contributed by atoms with van der Waals surface area (Å²) in [6, 6.07) is 5.84. The highest BCUT2D eigenvalue weighted by Gasteiger charge is 2.19. The molecule has 0 radical (unpaired) electrons. The molecule has 0 aromatic heterocycles. The van der Waals surface area contributed by atoms with E-state index in [1.54, 1.807) is 38.1 Å². The molecule has 5 heteroatoms. The van der Waals surface area contributed by atoms with Crippen LogP contribution in [0.4, 0.5) is 0 Å². The van der Waals surface area contributed by atoms with Crippen LogP contribution in [0, 0.1) is 5.92 Å². The van der Waals surface area contributed by atoms with Crippen LogP contribution in [0.2, 0.25) is 0 Å². The Morgan fingerprint density at radius 1 is 1.29 bits per heavy atom. The minimum atomic E-state index is -1.28. The topological polar surface area (TPSA) is 69.2 Å². The van der Waals surface area contributed by atoms with Crippen molar-refractivity contribution in [1.82, 2.24) is 5.32 Å². The number of hydrogen-bond donors (Lipinski definition) is 1. The Kier molecular flexibility index (Phi) is 4.69. The van der Waals surface area contributed by atoms with Crippen LogP contribution in [0.5, 0.6) is 0 Å². The number of carbonyl (C=O) groups excluding carboxylic acids is 2. The average molecular weight is 299 g/mol. The van der Waals surface area contributed by atoms with Gasteiger partial charge in [0.2, 0.25) is 0 Å². The Morgan fingerprint density at radius 3 is 2.35 bits per heavy atom. The van der Waals surface area contributed by atoms with Crippen molar-refractivity contribution in [3.05, 3.63) is 34.3 Å². The highest BCUT2D eigenvalue weighted by Crippen LogP contribution is 2.16. The second-order valence-corrected chi connectivity index (χ2v) is 4.85. The summed E-state index contributed by atoms with van der Waals surface area (Å²) >= 11 is 3.24. The van der Waals surface area contributed by atoms with Gasteiger partial charge in [-0.25, -0.2) is 0 Å². The summed E-state index contributed by atoms with van der Waals surface area (Å²) in [6.07, 6.45) is 0. The van der Waals surface area contributed by atoms with Crippen LogP contribution in [-0.4, -0.2) is 17.9 Å². The first kappa shape index (κ1) is 13.7. The molecule has 0 bridgehead atoms. The Balaban J connectivity index is 2.85. The normalized spacial score (nSPS) is 12.2. The van der Waals surface area contributed by atoms with Gasteiger partial charge in [-0.15, -0.1) is 0 Å². The van der Waals surface area contributed by atoms with Crippen LogP contribution in [0.15, 0.2) is 28.7 Å². The summed E-state index contributed by atoms with van der Waals surface area (Å²) in [5.41, 5.74) is 0.402. The Labute approximate surface area is 108 Å². The Hall–Kier alpha value is -1.36. The molecule has 0 fully saturated rings. The lowest BCUT2D eigenvalue weighted by molar-refractivity contribution is -0.309. The van der Waals surface area contributed by atoms with E-state index in [0.29, 0.717) is 10.0 Å². The summed E-state index contributed by atoms with van der Waals surface area (Å²) in [4.78, 5) is 22.7. The molecular weight excluding hydrogens is 286 g/mol. The smallest absolute Gasteiger partial charge is 0.252 e. The molecule has 17 heavy (non-hydrogen) atoms. The van der Waals surface area contributed by atoms with E-state index in [1.165, 1.54) is 0 Å². The Bertz CT molecular complexity index is 432. The monoisotopic (exact) mass is 298 g/mol. The molecule has 1 atom stereocenters. The zero-order chi connectivity index (χ0) is 13.0. The van der Waals surface area contributed by atoms with Crippen LogP contribution in [-0.2, 0) is 4.79 Å². The molecule has 0 heterocycles. The minimum Gasteiger partial charge on any atom is -0.548 e. The zero-order valence-electron chi connectivity index (χ0n) is 9.57. The van der Waals surface area contributed by atoms with Gasteiger partial charge in [-0.1, -0.05) is 26.0 Å². The molecule has 0 unspecified atom stereocenters. The summed E-state index contributed by atoms with van der Waals surface area (Å²) < 4.78 is 0.623. The van der Waals surface area contributed by atoms with Crippen molar-refractivity contribution in [3.8, 4) is 0 Å². The second-order valence-electron chi connectivity index (χ2n) is 3.99. The van der Waals surface area contributed by atoms with E-state index in [4.69, 9.17) is 0 Å². The van der Waals surface area contributed by atoms with Gasteiger partial charge in [-0.3, -0.25) is 4.79 Å². The molecule has 0 saturated heterocycles. The maximum atomic E-state index is 11.9. The molecule has 1 aromatic rings. The van der Waals surface area contributed by atoms with Gasteiger partial charge < -0.3 is 15.2 Å². The number of halogens is 1. The first-order valence-corrected chi connectivity index (χ1v) is 5.99. The number of benzene rings is 1. The number of rotatable bonds is 4. The number of amides is 1. The predicted octanol–water partition coefficient (Wildman–Crippen LogP) is 0.953. The number of hydrogen-bond acceptors (Lipinski definition) is 3. The Morgan fingerprint density at radius 2 is 1.88 bits per heavy atom. The van der Waals surface area contributed by atoms with E-state index in [1.807, 2.05) is 0 Å². The zero-order valence-corrected chi connectivity index (χ0v) is 11.2. The van der Waals surface area contributed by atoms with Crippen molar-refractivity contribution >= 4 is 27.8 Å². The van der Waals surface area contributed by atoms with E-state index < -0.39 is 17.9 Å². The molecule has 0 aliphatic heterocycles. The van der Waals surface area contributed by atoms with Crippen molar-refractivity contribution < 1.29 is 14.7 Å². The lowest BCUT2D eigenvalue weighted by atomic mass is 10.0. The highest BCUT2D eigenvalue weighted by molar-refractivity contribution is 9.10. The molecule has 1 aromatic carbocycles. The van der Waals surface area contributed by atoms with E-state index >= 15 is 0 Å². The molecule has 1 rings (SSSR count). The van der Waals surface area contributed by atoms with Crippen LogP contribution in [0.3, 0.4) is 0 Å². The molecule has 0 saturated carbocycles. The molecule has 0 aliphatic carbocycles. The average Bonchev–Trinajstić information content (AvgIpc) is 2.25. The molecule has 4 nitrogen and oxygen atoms in total. The standard InChI is InChI=1S/C12H14BrNO3/c1-7(2)10(12(16)17)14-11(15)8-5-3-4-6-9(8)13/h3-7,10H,1-2H3,(H,14,15)(H,16,17)/p-1/t10-/m1/s1. The third-order valence-electron chi connectivity index (χ3n) is 2.33. The molecule has 92 valence electrons. The number of carbonyl (C=O) groups is 2. The lowest BCUT2D eigenvalue weighted by Crippen LogP contribution is -2.50. The fourth-order valence-corrected chi connectivity index (χ4v) is 1.83. The van der Waals surface area contributed by atoms with Crippen molar-refractivity contribution in [1.29, 1.82) is 0 Å². The number of carboxylic acids is 1. The largest absolute Gasteiger partial charge is 0.548 e. The van der Waals surface area contributed by atoms with Gasteiger partial charge in [0.05, 0.1) is 17.6 Å². The van der Waals surface area contributed by atoms with Crippen molar-refractivity contribution in [2.75, 3.05) is 0 Å². The van der Waals surface area contributed by atoms with Gasteiger partial charge in [-0.05, 0) is 34.0 Å². The third-order valence-corrected chi connectivity index (χ3v) is 3.02. The number of carboxylic acid groups (broad SMARTS) is 1.